The molecule has 1 aromatic heterocycles. The molecule has 12 heteroatoms. The van der Waals surface area contributed by atoms with Gasteiger partial charge in [-0.05, 0) is 24.3 Å². The highest BCUT2D eigenvalue weighted by Gasteiger charge is 2.34. The number of rotatable bonds is 4. The van der Waals surface area contributed by atoms with E-state index in [0.717, 1.165) is 18.2 Å². The van der Waals surface area contributed by atoms with Crippen LogP contribution in [0.1, 0.15) is 11.3 Å². The molecule has 0 N–H and O–H groups in total. The van der Waals surface area contributed by atoms with Gasteiger partial charge in [0.05, 0.1) is 23.5 Å². The molecule has 2 aliphatic heterocycles. The summed E-state index contributed by atoms with van der Waals surface area (Å²) in [6.45, 7) is 0.0581. The number of aromatic nitrogens is 5. The van der Waals surface area contributed by atoms with Crippen LogP contribution in [0.5, 0.6) is 0 Å². The van der Waals surface area contributed by atoms with Crippen LogP contribution in [-0.2, 0) is 12.7 Å². The van der Waals surface area contributed by atoms with Crippen molar-refractivity contribution in [3.63, 3.8) is 0 Å². The number of hydrogen-bond donors (Lipinski definition) is 0. The minimum atomic E-state index is -4.80. The van der Waals surface area contributed by atoms with Crippen LogP contribution >= 0.6 is 0 Å². The van der Waals surface area contributed by atoms with Crippen molar-refractivity contribution in [2.45, 2.75) is 12.7 Å². The fourth-order valence-electron chi connectivity index (χ4n) is 3.33. The molecule has 0 saturated carbocycles. The number of fused-ring (bicyclic) bond motifs is 1. The van der Waals surface area contributed by atoms with Crippen LogP contribution in [0.25, 0.3) is 34.0 Å². The van der Waals surface area contributed by atoms with Crippen molar-refractivity contribution in [2.24, 2.45) is 0 Å². The molecular formula is C22H11F6N5O. The maximum absolute atomic E-state index is 14.1. The van der Waals surface area contributed by atoms with Gasteiger partial charge in [0.15, 0.2) is 23.2 Å². The number of alkyl halides is 3. The Balaban J connectivity index is 1.39. The summed E-state index contributed by atoms with van der Waals surface area (Å²) in [5, 5.41) is 7.93. The summed E-state index contributed by atoms with van der Waals surface area (Å²) in [6, 6.07) is 7.58. The number of hydrogen-bond acceptors (Lipinski definition) is 5. The van der Waals surface area contributed by atoms with E-state index in [4.69, 9.17) is 4.52 Å². The Morgan fingerprint density at radius 1 is 0.882 bits per heavy atom. The van der Waals surface area contributed by atoms with Crippen LogP contribution in [0.3, 0.4) is 0 Å². The van der Waals surface area contributed by atoms with Crippen molar-refractivity contribution in [3.8, 4) is 34.0 Å². The van der Waals surface area contributed by atoms with E-state index >= 15 is 0 Å². The van der Waals surface area contributed by atoms with Gasteiger partial charge in [-0.2, -0.15) is 18.3 Å². The van der Waals surface area contributed by atoms with Crippen LogP contribution in [0, 0.1) is 17.5 Å². The van der Waals surface area contributed by atoms with Crippen LogP contribution in [0.15, 0.2) is 59.4 Å². The molecular weight excluding hydrogens is 464 g/mol. The third-order valence-corrected chi connectivity index (χ3v) is 4.95. The predicted octanol–water partition coefficient (Wildman–Crippen LogP) is 5.58. The molecule has 0 fully saturated rings. The lowest BCUT2D eigenvalue weighted by molar-refractivity contribution is -0.139. The van der Waals surface area contributed by atoms with Gasteiger partial charge in [0.25, 0.3) is 0 Å². The van der Waals surface area contributed by atoms with E-state index in [1.165, 1.54) is 35.3 Å². The normalized spacial score (nSPS) is 11.9. The van der Waals surface area contributed by atoms with E-state index in [0.29, 0.717) is 17.5 Å². The van der Waals surface area contributed by atoms with E-state index in [9.17, 15) is 26.3 Å². The third-order valence-electron chi connectivity index (χ3n) is 4.95. The molecule has 2 aliphatic rings. The Labute approximate surface area is 186 Å². The van der Waals surface area contributed by atoms with Crippen molar-refractivity contribution >= 4 is 0 Å². The molecule has 2 aromatic carbocycles. The Morgan fingerprint density at radius 3 is 2.44 bits per heavy atom. The number of imidazole rings is 1. The van der Waals surface area contributed by atoms with Crippen molar-refractivity contribution in [1.29, 1.82) is 0 Å². The highest BCUT2D eigenvalue weighted by molar-refractivity contribution is 5.65. The van der Waals surface area contributed by atoms with Gasteiger partial charge in [0, 0.05) is 11.6 Å². The first kappa shape index (κ1) is 21.6. The Bertz CT molecular complexity index is 1480. The van der Waals surface area contributed by atoms with Gasteiger partial charge in [-0.3, -0.25) is 4.68 Å². The number of halogens is 6. The highest BCUT2D eigenvalue weighted by atomic mass is 19.4. The largest absolute Gasteiger partial charge is 0.419 e. The average Bonchev–Trinajstić information content (AvgIpc) is 3.41. The van der Waals surface area contributed by atoms with E-state index in [-0.39, 0.29) is 35.0 Å². The molecule has 3 aromatic rings. The first-order valence-corrected chi connectivity index (χ1v) is 9.66. The molecule has 0 unspecified atom stereocenters. The highest BCUT2D eigenvalue weighted by Crippen LogP contribution is 2.33. The standard InChI is InChI=1S/C22H11F6N5O/c23-15-3-1-2-13(20(15)25)21-30-18-8-29-33(10-19(18)31-21)9-12-7-17(32-34-12)11-4-5-14(16(24)6-11)22(26,27)28/h1-8,10H,9H2. The summed E-state index contributed by atoms with van der Waals surface area (Å²) in [5.41, 5.74) is -0.502. The van der Waals surface area contributed by atoms with Crippen molar-refractivity contribution in [2.75, 3.05) is 0 Å². The zero-order chi connectivity index (χ0) is 24.0. The minimum Gasteiger partial charge on any atom is -0.359 e. The second-order valence-corrected chi connectivity index (χ2v) is 7.26. The zero-order valence-corrected chi connectivity index (χ0v) is 16.8. The van der Waals surface area contributed by atoms with Crippen molar-refractivity contribution in [3.05, 3.63) is 83.6 Å². The van der Waals surface area contributed by atoms with Crippen LogP contribution in [-0.4, -0.2) is 24.9 Å². The molecule has 5 rings (SSSR count). The van der Waals surface area contributed by atoms with Crippen molar-refractivity contribution < 1.29 is 30.9 Å². The average molecular weight is 475 g/mol. The van der Waals surface area contributed by atoms with E-state index in [1.807, 2.05) is 0 Å². The predicted molar refractivity (Wildman–Crippen MR) is 106 cm³/mol. The Kier molecular flexibility index (Phi) is 5.07. The molecule has 0 atom stereocenters. The molecule has 6 nitrogen and oxygen atoms in total. The number of benzene rings is 2. The molecule has 0 aliphatic carbocycles. The van der Waals surface area contributed by atoms with Crippen molar-refractivity contribution in [1.82, 2.24) is 24.9 Å². The summed E-state index contributed by atoms with van der Waals surface area (Å²) < 4.78 is 86.3. The Morgan fingerprint density at radius 2 is 1.68 bits per heavy atom. The van der Waals surface area contributed by atoms with Crippen LogP contribution in [0.2, 0.25) is 0 Å². The smallest absolute Gasteiger partial charge is 0.359 e. The Hall–Kier alpha value is -4.22. The molecule has 0 bridgehead atoms. The van der Waals surface area contributed by atoms with E-state index in [1.54, 1.807) is 0 Å². The molecule has 0 saturated heterocycles. The van der Waals surface area contributed by atoms with Gasteiger partial charge in [-0.25, -0.2) is 23.1 Å². The minimum absolute atomic E-state index is 0.00201. The van der Waals surface area contributed by atoms with E-state index in [2.05, 4.69) is 20.2 Å². The monoisotopic (exact) mass is 475 g/mol. The summed E-state index contributed by atoms with van der Waals surface area (Å²) in [5.74, 6) is -3.22. The van der Waals surface area contributed by atoms with Gasteiger partial charge in [-0.1, -0.05) is 17.3 Å². The fraction of sp³-hybridized carbons (Fsp3) is 0.0909. The summed E-state index contributed by atoms with van der Waals surface area (Å²) >= 11 is 0. The lowest BCUT2D eigenvalue weighted by Crippen LogP contribution is -2.07. The molecule has 0 spiro atoms. The second-order valence-electron chi connectivity index (χ2n) is 7.26. The summed E-state index contributed by atoms with van der Waals surface area (Å²) in [6.07, 6.45) is -1.92. The van der Waals surface area contributed by atoms with Gasteiger partial charge in [0.1, 0.15) is 29.4 Å². The molecule has 172 valence electrons. The molecule has 0 amide bonds. The topological polar surface area (TPSA) is 69.6 Å². The van der Waals surface area contributed by atoms with Gasteiger partial charge in [-0.15, -0.1) is 0 Å². The first-order chi connectivity index (χ1) is 16.2. The molecule has 3 heterocycles. The van der Waals surface area contributed by atoms with Crippen LogP contribution in [0.4, 0.5) is 26.3 Å². The lowest BCUT2D eigenvalue weighted by atomic mass is 10.1. The summed E-state index contributed by atoms with van der Waals surface area (Å²) in [4.78, 5) is 8.38. The summed E-state index contributed by atoms with van der Waals surface area (Å²) in [7, 11) is 0. The zero-order valence-electron chi connectivity index (χ0n) is 16.8. The maximum atomic E-state index is 14.1. The van der Waals surface area contributed by atoms with E-state index < -0.39 is 29.2 Å². The second kappa shape index (κ2) is 7.97. The molecule has 34 heavy (non-hydrogen) atoms. The van der Waals surface area contributed by atoms with Gasteiger partial charge < -0.3 is 4.52 Å². The van der Waals surface area contributed by atoms with Gasteiger partial charge in [0.2, 0.25) is 0 Å². The SMILES string of the molecule is Fc1cc(-c2cc(Cn3cc4nc(-c5cccc(F)c5F)nc-4cn3)on2)ccc1C(F)(F)F. The first-order valence-electron chi connectivity index (χ1n) is 9.66. The van der Waals surface area contributed by atoms with Crippen LogP contribution < -0.4 is 0 Å². The third kappa shape index (κ3) is 3.98. The number of nitrogens with zero attached hydrogens (tertiary/aromatic N) is 5. The maximum Gasteiger partial charge on any atom is 0.419 e. The molecule has 0 radical (unpaired) electrons. The van der Waals surface area contributed by atoms with Gasteiger partial charge >= 0.3 is 6.18 Å². The quantitative estimate of drug-likeness (QED) is 0.317. The fourth-order valence-corrected chi connectivity index (χ4v) is 3.33. The lowest BCUT2D eigenvalue weighted by Gasteiger charge is -2.08.